The van der Waals surface area contributed by atoms with Crippen LogP contribution in [0.15, 0.2) is 35.1 Å². The third-order valence-corrected chi connectivity index (χ3v) is 3.64. The van der Waals surface area contributed by atoms with Crippen molar-refractivity contribution in [3.05, 3.63) is 57.4 Å². The zero-order chi connectivity index (χ0) is 12.5. The normalized spacial score (nSPS) is 14.3. The van der Waals surface area contributed by atoms with Gasteiger partial charge in [-0.25, -0.2) is 0 Å². The predicted octanol–water partition coefficient (Wildman–Crippen LogP) is 3.23. The van der Waals surface area contributed by atoms with Crippen molar-refractivity contribution in [1.29, 1.82) is 0 Å². The van der Waals surface area contributed by atoms with Gasteiger partial charge in [0.25, 0.3) is 0 Å². The lowest BCUT2D eigenvalue weighted by molar-refractivity contribution is 0.686. The number of H-pyrrole nitrogens is 1. The minimum atomic E-state index is 0.0685. The van der Waals surface area contributed by atoms with Crippen molar-refractivity contribution < 1.29 is 0 Å². The molecule has 1 aromatic carbocycles. The number of hydrogen-bond donors (Lipinski definition) is 1. The first-order valence-electron chi connectivity index (χ1n) is 6.55. The van der Waals surface area contributed by atoms with Crippen LogP contribution in [0.2, 0.25) is 0 Å². The van der Waals surface area contributed by atoms with Crippen LogP contribution in [-0.2, 0) is 12.8 Å². The molecule has 0 bridgehead atoms. The molecule has 1 N–H and O–H groups in total. The second-order valence-corrected chi connectivity index (χ2v) is 5.10. The van der Waals surface area contributed by atoms with Crippen molar-refractivity contribution in [2.24, 2.45) is 0 Å². The highest BCUT2D eigenvalue weighted by Gasteiger charge is 2.10. The average molecular weight is 239 g/mol. The summed E-state index contributed by atoms with van der Waals surface area (Å²) in [5.74, 6) is 0. The lowest BCUT2D eigenvalue weighted by atomic mass is 9.90. The molecule has 1 heterocycles. The molecule has 18 heavy (non-hydrogen) atoms. The molecule has 3 rings (SSSR count). The molecule has 2 aromatic rings. The molecule has 1 aliphatic rings. The van der Waals surface area contributed by atoms with Gasteiger partial charge in [-0.05, 0) is 55.4 Å². The minimum absolute atomic E-state index is 0.0685. The van der Waals surface area contributed by atoms with E-state index in [2.05, 4.69) is 23.2 Å². The molecular formula is C16H17NO. The van der Waals surface area contributed by atoms with Crippen molar-refractivity contribution in [3.63, 3.8) is 0 Å². The second kappa shape index (κ2) is 4.45. The number of nitrogens with one attached hydrogen (secondary N) is 1. The van der Waals surface area contributed by atoms with Gasteiger partial charge in [0, 0.05) is 23.5 Å². The summed E-state index contributed by atoms with van der Waals surface area (Å²) < 4.78 is 0. The van der Waals surface area contributed by atoms with E-state index in [0.29, 0.717) is 0 Å². The topological polar surface area (TPSA) is 32.9 Å². The molecule has 0 radical (unpaired) electrons. The van der Waals surface area contributed by atoms with Crippen LogP contribution in [0.5, 0.6) is 0 Å². The van der Waals surface area contributed by atoms with Gasteiger partial charge in [-0.2, -0.15) is 0 Å². The summed E-state index contributed by atoms with van der Waals surface area (Å²) in [5.41, 5.74) is 5.94. The first-order chi connectivity index (χ1) is 8.72. The van der Waals surface area contributed by atoms with E-state index in [1.54, 1.807) is 12.1 Å². The highest BCUT2D eigenvalue weighted by Crippen LogP contribution is 2.26. The van der Waals surface area contributed by atoms with Crippen molar-refractivity contribution in [3.8, 4) is 11.3 Å². The van der Waals surface area contributed by atoms with Gasteiger partial charge >= 0.3 is 0 Å². The molecule has 0 fully saturated rings. The molecular weight excluding hydrogens is 222 g/mol. The number of fused-ring (bicyclic) bond motifs is 1. The number of rotatable bonds is 1. The van der Waals surface area contributed by atoms with Crippen LogP contribution in [0.3, 0.4) is 0 Å². The molecule has 0 atom stereocenters. The standard InChI is InChI=1S/C16H17NO/c1-11-8-15(18)10-16(17-11)14-7-6-12-4-2-3-5-13(12)9-14/h6-10H,2-5H2,1H3,(H,17,18). The maximum absolute atomic E-state index is 11.6. The van der Waals surface area contributed by atoms with E-state index in [0.717, 1.165) is 17.0 Å². The van der Waals surface area contributed by atoms with Crippen LogP contribution >= 0.6 is 0 Å². The maximum Gasteiger partial charge on any atom is 0.182 e. The second-order valence-electron chi connectivity index (χ2n) is 5.10. The quantitative estimate of drug-likeness (QED) is 0.814. The number of benzene rings is 1. The summed E-state index contributed by atoms with van der Waals surface area (Å²) in [6.07, 6.45) is 4.94. The highest BCUT2D eigenvalue weighted by molar-refractivity contribution is 5.61. The van der Waals surface area contributed by atoms with E-state index >= 15 is 0 Å². The zero-order valence-electron chi connectivity index (χ0n) is 10.6. The molecule has 1 aliphatic carbocycles. The molecule has 0 spiro atoms. The van der Waals surface area contributed by atoms with Crippen molar-refractivity contribution in [1.82, 2.24) is 4.98 Å². The number of hydrogen-bond acceptors (Lipinski definition) is 1. The van der Waals surface area contributed by atoms with Gasteiger partial charge in [0.05, 0.1) is 0 Å². The van der Waals surface area contributed by atoms with Gasteiger partial charge < -0.3 is 4.98 Å². The fraction of sp³-hybridized carbons (Fsp3) is 0.312. The van der Waals surface area contributed by atoms with Crippen LogP contribution in [-0.4, -0.2) is 4.98 Å². The zero-order valence-corrected chi connectivity index (χ0v) is 10.6. The molecule has 0 saturated heterocycles. The first kappa shape index (κ1) is 11.3. The minimum Gasteiger partial charge on any atom is -0.358 e. The smallest absolute Gasteiger partial charge is 0.182 e. The van der Waals surface area contributed by atoms with E-state index in [1.807, 2.05) is 6.92 Å². The Morgan fingerprint density at radius 2 is 1.78 bits per heavy atom. The van der Waals surface area contributed by atoms with E-state index in [4.69, 9.17) is 0 Å². The summed E-state index contributed by atoms with van der Waals surface area (Å²) in [5, 5.41) is 0. The number of aromatic nitrogens is 1. The lowest BCUT2D eigenvalue weighted by Crippen LogP contribution is -2.04. The van der Waals surface area contributed by atoms with Gasteiger partial charge in [0.1, 0.15) is 0 Å². The molecule has 92 valence electrons. The van der Waals surface area contributed by atoms with Gasteiger partial charge in [0.15, 0.2) is 5.43 Å². The van der Waals surface area contributed by atoms with Gasteiger partial charge in [-0.3, -0.25) is 4.79 Å². The summed E-state index contributed by atoms with van der Waals surface area (Å²) in [4.78, 5) is 14.8. The van der Waals surface area contributed by atoms with Crippen molar-refractivity contribution in [2.45, 2.75) is 32.6 Å². The van der Waals surface area contributed by atoms with Gasteiger partial charge in [0.2, 0.25) is 0 Å². The molecule has 0 aliphatic heterocycles. The monoisotopic (exact) mass is 239 g/mol. The van der Waals surface area contributed by atoms with Gasteiger partial charge in [-0.1, -0.05) is 12.1 Å². The van der Waals surface area contributed by atoms with Crippen molar-refractivity contribution >= 4 is 0 Å². The Bertz CT molecular complexity index is 640. The van der Waals surface area contributed by atoms with Crippen LogP contribution in [0.4, 0.5) is 0 Å². The molecule has 2 heteroatoms. The van der Waals surface area contributed by atoms with Gasteiger partial charge in [-0.15, -0.1) is 0 Å². The Hall–Kier alpha value is -1.83. The third kappa shape index (κ3) is 2.10. The van der Waals surface area contributed by atoms with Crippen LogP contribution < -0.4 is 5.43 Å². The largest absolute Gasteiger partial charge is 0.358 e. The van der Waals surface area contributed by atoms with E-state index in [1.165, 1.54) is 36.8 Å². The van der Waals surface area contributed by atoms with Crippen molar-refractivity contribution in [2.75, 3.05) is 0 Å². The number of pyridine rings is 1. The average Bonchev–Trinajstić information content (AvgIpc) is 2.37. The van der Waals surface area contributed by atoms with Crippen LogP contribution in [0, 0.1) is 6.92 Å². The Labute approximate surface area is 107 Å². The SMILES string of the molecule is Cc1cc(=O)cc(-c2ccc3c(c2)CCCC3)[nH]1. The van der Waals surface area contributed by atoms with Crippen LogP contribution in [0.25, 0.3) is 11.3 Å². The predicted molar refractivity (Wildman–Crippen MR) is 73.9 cm³/mol. The Kier molecular flexibility index (Phi) is 2.78. The summed E-state index contributed by atoms with van der Waals surface area (Å²) in [6.45, 7) is 1.92. The van der Waals surface area contributed by atoms with E-state index in [9.17, 15) is 4.79 Å². The fourth-order valence-corrected chi connectivity index (χ4v) is 2.74. The van der Waals surface area contributed by atoms with E-state index < -0.39 is 0 Å². The van der Waals surface area contributed by atoms with Crippen LogP contribution in [0.1, 0.15) is 29.7 Å². The Morgan fingerprint density at radius 3 is 2.56 bits per heavy atom. The Balaban J connectivity index is 2.08. The van der Waals surface area contributed by atoms with E-state index in [-0.39, 0.29) is 5.43 Å². The molecule has 1 aromatic heterocycles. The summed E-state index contributed by atoms with van der Waals surface area (Å²) in [7, 11) is 0. The first-order valence-corrected chi connectivity index (χ1v) is 6.55. The number of aryl methyl sites for hydroxylation is 3. The molecule has 2 nitrogen and oxygen atoms in total. The molecule has 0 unspecified atom stereocenters. The Morgan fingerprint density at radius 1 is 1.00 bits per heavy atom. The fourth-order valence-electron chi connectivity index (χ4n) is 2.74. The molecule has 0 saturated carbocycles. The third-order valence-electron chi connectivity index (χ3n) is 3.64. The highest BCUT2D eigenvalue weighted by atomic mass is 16.1. The lowest BCUT2D eigenvalue weighted by Gasteiger charge is -2.16. The number of aromatic amines is 1. The molecule has 0 amide bonds. The summed E-state index contributed by atoms with van der Waals surface area (Å²) >= 11 is 0. The maximum atomic E-state index is 11.6. The summed E-state index contributed by atoms with van der Waals surface area (Å²) in [6, 6.07) is 9.87.